The molecule has 1 aliphatic rings. The Bertz CT molecular complexity index is 386. The lowest BCUT2D eigenvalue weighted by Gasteiger charge is -2.32. The van der Waals surface area contributed by atoms with Crippen molar-refractivity contribution in [3.8, 4) is 0 Å². The fourth-order valence-corrected chi connectivity index (χ4v) is 3.34. The van der Waals surface area contributed by atoms with Crippen LogP contribution in [0.4, 0.5) is 0 Å². The maximum atomic E-state index is 6.01. The summed E-state index contributed by atoms with van der Waals surface area (Å²) in [5.41, 5.74) is 7.61. The monoisotopic (exact) mass is 266 g/mol. The van der Waals surface area contributed by atoms with Gasteiger partial charge in [0.05, 0.1) is 0 Å². The number of nitrogens with zero attached hydrogens (tertiary/aromatic N) is 1. The van der Waals surface area contributed by atoms with Crippen LogP contribution in [0.15, 0.2) is 24.3 Å². The highest BCUT2D eigenvalue weighted by molar-refractivity contribution is 6.30. The molecule has 0 aliphatic heterocycles. The van der Waals surface area contributed by atoms with Crippen LogP contribution in [-0.2, 0) is 6.54 Å². The molecule has 0 unspecified atom stereocenters. The molecule has 0 bridgehead atoms. The Morgan fingerprint density at radius 2 is 2.06 bits per heavy atom. The predicted molar refractivity (Wildman–Crippen MR) is 77.7 cm³/mol. The SMILES string of the molecule is CN(Cc1cccc(Cl)c1)CC1(CN)CCCC1. The van der Waals surface area contributed by atoms with E-state index < -0.39 is 0 Å². The topological polar surface area (TPSA) is 29.3 Å². The molecule has 1 saturated carbocycles. The summed E-state index contributed by atoms with van der Waals surface area (Å²) >= 11 is 6.01. The van der Waals surface area contributed by atoms with Gasteiger partial charge < -0.3 is 10.6 Å². The molecule has 1 aromatic carbocycles. The Kier molecular flexibility index (Phi) is 4.66. The first-order valence-corrected chi connectivity index (χ1v) is 7.14. The molecule has 18 heavy (non-hydrogen) atoms. The molecule has 0 atom stereocenters. The van der Waals surface area contributed by atoms with Gasteiger partial charge in [0.25, 0.3) is 0 Å². The van der Waals surface area contributed by atoms with Crippen molar-refractivity contribution in [3.05, 3.63) is 34.9 Å². The number of rotatable bonds is 5. The molecular formula is C15H23ClN2. The van der Waals surface area contributed by atoms with E-state index in [1.165, 1.54) is 31.2 Å². The average molecular weight is 267 g/mol. The molecule has 1 aromatic rings. The zero-order chi connectivity index (χ0) is 13.0. The summed E-state index contributed by atoms with van der Waals surface area (Å²) < 4.78 is 0. The molecule has 100 valence electrons. The van der Waals surface area contributed by atoms with Gasteiger partial charge in [-0.15, -0.1) is 0 Å². The van der Waals surface area contributed by atoms with E-state index in [2.05, 4.69) is 18.0 Å². The van der Waals surface area contributed by atoms with Crippen molar-refractivity contribution in [2.24, 2.45) is 11.1 Å². The highest BCUT2D eigenvalue weighted by atomic mass is 35.5. The van der Waals surface area contributed by atoms with Gasteiger partial charge in [0.1, 0.15) is 0 Å². The molecule has 2 rings (SSSR count). The predicted octanol–water partition coefficient (Wildman–Crippen LogP) is 3.29. The molecule has 0 heterocycles. The molecule has 0 aromatic heterocycles. The van der Waals surface area contributed by atoms with E-state index in [1.54, 1.807) is 0 Å². The lowest BCUT2D eigenvalue weighted by atomic mass is 9.86. The smallest absolute Gasteiger partial charge is 0.0409 e. The molecule has 2 N–H and O–H groups in total. The Morgan fingerprint density at radius 3 is 2.67 bits per heavy atom. The minimum atomic E-state index is 0.354. The van der Waals surface area contributed by atoms with Gasteiger partial charge in [0.2, 0.25) is 0 Å². The first kappa shape index (κ1) is 13.9. The Balaban J connectivity index is 1.93. The molecule has 1 aliphatic carbocycles. The number of nitrogens with two attached hydrogens (primary N) is 1. The Hall–Kier alpha value is -0.570. The highest BCUT2D eigenvalue weighted by Gasteiger charge is 2.33. The zero-order valence-electron chi connectivity index (χ0n) is 11.2. The summed E-state index contributed by atoms with van der Waals surface area (Å²) in [5, 5.41) is 0.815. The van der Waals surface area contributed by atoms with E-state index in [9.17, 15) is 0 Å². The van der Waals surface area contributed by atoms with Crippen molar-refractivity contribution in [1.29, 1.82) is 0 Å². The van der Waals surface area contributed by atoms with E-state index in [4.69, 9.17) is 17.3 Å². The van der Waals surface area contributed by atoms with Crippen LogP contribution in [0.1, 0.15) is 31.2 Å². The van der Waals surface area contributed by atoms with Crippen molar-refractivity contribution >= 4 is 11.6 Å². The van der Waals surface area contributed by atoms with Crippen LogP contribution < -0.4 is 5.73 Å². The standard InChI is InChI=1S/C15H23ClN2/c1-18(10-13-5-4-6-14(16)9-13)12-15(11-17)7-2-3-8-15/h4-6,9H,2-3,7-8,10-12,17H2,1H3. The van der Waals surface area contributed by atoms with E-state index in [1.807, 2.05) is 18.2 Å². The average Bonchev–Trinajstić information content (AvgIpc) is 2.78. The molecular weight excluding hydrogens is 244 g/mol. The Morgan fingerprint density at radius 1 is 1.33 bits per heavy atom. The minimum absolute atomic E-state index is 0.354. The van der Waals surface area contributed by atoms with Crippen molar-refractivity contribution in [3.63, 3.8) is 0 Å². The molecule has 0 saturated heterocycles. The molecule has 3 heteroatoms. The third-order valence-electron chi connectivity index (χ3n) is 4.04. The molecule has 0 radical (unpaired) electrons. The summed E-state index contributed by atoms with van der Waals surface area (Å²) in [6, 6.07) is 8.11. The number of hydrogen-bond donors (Lipinski definition) is 1. The van der Waals surface area contributed by atoms with Gasteiger partial charge in [-0.1, -0.05) is 36.6 Å². The van der Waals surface area contributed by atoms with E-state index in [-0.39, 0.29) is 0 Å². The third-order valence-corrected chi connectivity index (χ3v) is 4.28. The molecule has 2 nitrogen and oxygen atoms in total. The first-order chi connectivity index (χ1) is 8.63. The second-order valence-corrected chi connectivity index (χ2v) is 6.15. The molecule has 0 amide bonds. The number of benzene rings is 1. The quantitative estimate of drug-likeness (QED) is 0.886. The second-order valence-electron chi connectivity index (χ2n) is 5.71. The lowest BCUT2D eigenvalue weighted by molar-refractivity contribution is 0.179. The van der Waals surface area contributed by atoms with Gasteiger partial charge in [-0.3, -0.25) is 0 Å². The van der Waals surface area contributed by atoms with Gasteiger partial charge in [-0.25, -0.2) is 0 Å². The van der Waals surface area contributed by atoms with Crippen LogP contribution in [0.3, 0.4) is 0 Å². The van der Waals surface area contributed by atoms with Crippen LogP contribution in [0, 0.1) is 5.41 Å². The normalized spacial score (nSPS) is 18.4. The lowest BCUT2D eigenvalue weighted by Crippen LogP contribution is -2.39. The minimum Gasteiger partial charge on any atom is -0.330 e. The number of hydrogen-bond acceptors (Lipinski definition) is 2. The summed E-state index contributed by atoms with van der Waals surface area (Å²) in [7, 11) is 2.18. The largest absolute Gasteiger partial charge is 0.330 e. The fourth-order valence-electron chi connectivity index (χ4n) is 3.13. The van der Waals surface area contributed by atoms with Crippen LogP contribution >= 0.6 is 11.6 Å². The summed E-state index contributed by atoms with van der Waals surface area (Å²) in [5.74, 6) is 0. The van der Waals surface area contributed by atoms with Crippen molar-refractivity contribution in [1.82, 2.24) is 4.90 Å². The van der Waals surface area contributed by atoms with Gasteiger partial charge >= 0.3 is 0 Å². The van der Waals surface area contributed by atoms with Gasteiger partial charge in [0, 0.05) is 18.1 Å². The van der Waals surface area contributed by atoms with Crippen LogP contribution in [0.5, 0.6) is 0 Å². The van der Waals surface area contributed by atoms with Crippen molar-refractivity contribution in [2.45, 2.75) is 32.2 Å². The van der Waals surface area contributed by atoms with Gasteiger partial charge in [0.15, 0.2) is 0 Å². The second kappa shape index (κ2) is 6.05. The van der Waals surface area contributed by atoms with Crippen LogP contribution in [0.25, 0.3) is 0 Å². The maximum absolute atomic E-state index is 6.01. The number of halogens is 1. The summed E-state index contributed by atoms with van der Waals surface area (Å²) in [6.45, 7) is 2.85. The van der Waals surface area contributed by atoms with Crippen LogP contribution in [-0.4, -0.2) is 25.0 Å². The highest BCUT2D eigenvalue weighted by Crippen LogP contribution is 2.37. The van der Waals surface area contributed by atoms with Crippen molar-refractivity contribution < 1.29 is 0 Å². The summed E-state index contributed by atoms with van der Waals surface area (Å²) in [6.07, 6.45) is 5.23. The van der Waals surface area contributed by atoms with Gasteiger partial charge in [-0.2, -0.15) is 0 Å². The van der Waals surface area contributed by atoms with Crippen molar-refractivity contribution in [2.75, 3.05) is 20.1 Å². The van der Waals surface area contributed by atoms with Gasteiger partial charge in [-0.05, 0) is 49.5 Å². The third kappa shape index (κ3) is 3.47. The molecule has 0 spiro atoms. The van der Waals surface area contributed by atoms with Crippen LogP contribution in [0.2, 0.25) is 5.02 Å². The molecule has 1 fully saturated rings. The van der Waals surface area contributed by atoms with E-state index in [0.717, 1.165) is 24.7 Å². The van der Waals surface area contributed by atoms with E-state index in [0.29, 0.717) is 5.41 Å². The summed E-state index contributed by atoms with van der Waals surface area (Å²) in [4.78, 5) is 2.38. The first-order valence-electron chi connectivity index (χ1n) is 6.77. The fraction of sp³-hybridized carbons (Fsp3) is 0.600. The van der Waals surface area contributed by atoms with E-state index >= 15 is 0 Å². The Labute approximate surface area is 115 Å². The zero-order valence-corrected chi connectivity index (χ0v) is 11.9. The maximum Gasteiger partial charge on any atom is 0.0409 e.